The molecule has 14 heavy (non-hydrogen) atoms. The maximum Gasteiger partial charge on any atom is 0.304 e. The minimum atomic E-state index is -0.806. The summed E-state index contributed by atoms with van der Waals surface area (Å²) < 4.78 is 0. The average Bonchev–Trinajstić information content (AvgIpc) is 2.17. The Balaban J connectivity index is 2.53. The third-order valence-corrected chi connectivity index (χ3v) is 3.39. The molecule has 0 bridgehead atoms. The second-order valence-corrected chi connectivity index (χ2v) is 4.49. The van der Waals surface area contributed by atoms with Gasteiger partial charge in [-0.05, 0) is 12.1 Å². The molecule has 0 aliphatic rings. The van der Waals surface area contributed by atoms with Crippen molar-refractivity contribution in [1.82, 2.24) is 0 Å². The summed E-state index contributed by atoms with van der Waals surface area (Å²) in [6.45, 7) is 0. The van der Waals surface area contributed by atoms with Gasteiger partial charge in [0.05, 0.1) is 6.42 Å². The minimum Gasteiger partial charge on any atom is -0.481 e. The Morgan fingerprint density at radius 2 is 2.07 bits per heavy atom. The molecular weight excluding hydrogens is 220 g/mol. The summed E-state index contributed by atoms with van der Waals surface area (Å²) in [7, 11) is 0. The van der Waals surface area contributed by atoms with Crippen molar-refractivity contribution in [1.29, 1.82) is 0 Å². The molecule has 0 amide bonds. The van der Waals surface area contributed by atoms with E-state index in [4.69, 9.17) is 16.7 Å². The predicted molar refractivity (Wildman–Crippen MR) is 59.1 cm³/mol. The van der Waals surface area contributed by atoms with Crippen LogP contribution in [0.2, 0.25) is 0 Å². The molecule has 1 N–H and O–H groups in total. The zero-order valence-electron chi connectivity index (χ0n) is 7.52. The highest BCUT2D eigenvalue weighted by Crippen LogP contribution is 2.25. The van der Waals surface area contributed by atoms with Gasteiger partial charge in [0.25, 0.3) is 0 Å². The number of aliphatic carboxylic acids is 1. The van der Waals surface area contributed by atoms with Crippen LogP contribution in [0.15, 0.2) is 35.2 Å². The molecule has 76 valence electrons. The Hall–Kier alpha value is -0.670. The van der Waals surface area contributed by atoms with Crippen molar-refractivity contribution in [2.75, 3.05) is 5.88 Å². The van der Waals surface area contributed by atoms with E-state index in [0.29, 0.717) is 5.88 Å². The molecule has 1 aromatic carbocycles. The van der Waals surface area contributed by atoms with Gasteiger partial charge in [0.1, 0.15) is 0 Å². The number of thioether (sulfide) groups is 1. The number of benzene rings is 1. The highest BCUT2D eigenvalue weighted by atomic mass is 35.5. The number of hydrogen-bond acceptors (Lipinski definition) is 2. The first-order valence-electron chi connectivity index (χ1n) is 4.22. The summed E-state index contributed by atoms with van der Waals surface area (Å²) in [5.41, 5.74) is 0. The van der Waals surface area contributed by atoms with Crippen molar-refractivity contribution in [3.63, 3.8) is 0 Å². The summed E-state index contributed by atoms with van der Waals surface area (Å²) in [4.78, 5) is 11.5. The van der Waals surface area contributed by atoms with E-state index in [1.165, 1.54) is 11.8 Å². The van der Waals surface area contributed by atoms with Gasteiger partial charge >= 0.3 is 5.97 Å². The summed E-state index contributed by atoms with van der Waals surface area (Å²) in [5.74, 6) is -0.453. The first-order chi connectivity index (χ1) is 6.72. The Morgan fingerprint density at radius 1 is 1.43 bits per heavy atom. The molecule has 0 spiro atoms. The number of carboxylic acids is 1. The van der Waals surface area contributed by atoms with E-state index in [2.05, 4.69) is 0 Å². The van der Waals surface area contributed by atoms with Crippen LogP contribution in [0.25, 0.3) is 0 Å². The monoisotopic (exact) mass is 230 g/mol. The van der Waals surface area contributed by atoms with E-state index in [9.17, 15) is 4.79 Å². The zero-order chi connectivity index (χ0) is 10.4. The molecule has 0 aliphatic heterocycles. The fourth-order valence-corrected chi connectivity index (χ4v) is 2.30. The van der Waals surface area contributed by atoms with Crippen LogP contribution >= 0.6 is 23.4 Å². The Morgan fingerprint density at radius 3 is 2.57 bits per heavy atom. The van der Waals surface area contributed by atoms with Gasteiger partial charge in [-0.25, -0.2) is 0 Å². The molecule has 0 fully saturated rings. The maximum atomic E-state index is 10.5. The number of rotatable bonds is 5. The first kappa shape index (κ1) is 11.4. The lowest BCUT2D eigenvalue weighted by Crippen LogP contribution is -2.11. The molecule has 0 saturated carbocycles. The Bertz CT molecular complexity index is 289. The van der Waals surface area contributed by atoms with Crippen LogP contribution in [0.5, 0.6) is 0 Å². The molecule has 0 saturated heterocycles. The molecule has 1 atom stereocenters. The van der Waals surface area contributed by atoms with Crippen molar-refractivity contribution < 1.29 is 9.90 Å². The molecule has 4 heteroatoms. The fourth-order valence-electron chi connectivity index (χ4n) is 1.01. The topological polar surface area (TPSA) is 37.3 Å². The second-order valence-electron chi connectivity index (χ2n) is 2.81. The fraction of sp³-hybridized carbons (Fsp3) is 0.300. The van der Waals surface area contributed by atoms with E-state index >= 15 is 0 Å². The van der Waals surface area contributed by atoms with Gasteiger partial charge in [0, 0.05) is 16.0 Å². The highest BCUT2D eigenvalue weighted by molar-refractivity contribution is 8.00. The van der Waals surface area contributed by atoms with Crippen LogP contribution in [0, 0.1) is 0 Å². The number of hydrogen-bond donors (Lipinski definition) is 1. The SMILES string of the molecule is O=C(O)CC(CCl)Sc1ccccc1. The van der Waals surface area contributed by atoms with Gasteiger partial charge in [0.15, 0.2) is 0 Å². The van der Waals surface area contributed by atoms with Crippen LogP contribution in [-0.4, -0.2) is 22.2 Å². The normalized spacial score (nSPS) is 12.4. The average molecular weight is 231 g/mol. The molecule has 1 unspecified atom stereocenters. The van der Waals surface area contributed by atoms with Crippen molar-refractivity contribution in [3.05, 3.63) is 30.3 Å². The quantitative estimate of drug-likeness (QED) is 0.624. The van der Waals surface area contributed by atoms with Gasteiger partial charge < -0.3 is 5.11 Å². The van der Waals surface area contributed by atoms with Crippen LogP contribution in [0.3, 0.4) is 0 Å². The Labute approximate surface area is 92.3 Å². The summed E-state index contributed by atoms with van der Waals surface area (Å²) in [5, 5.41) is 8.56. The third kappa shape index (κ3) is 4.03. The number of carbonyl (C=O) groups is 1. The van der Waals surface area contributed by atoms with Crippen LogP contribution < -0.4 is 0 Å². The van der Waals surface area contributed by atoms with E-state index < -0.39 is 5.97 Å². The summed E-state index contributed by atoms with van der Waals surface area (Å²) >= 11 is 7.18. The molecule has 0 radical (unpaired) electrons. The predicted octanol–water partition coefficient (Wildman–Crippen LogP) is 2.86. The maximum absolute atomic E-state index is 10.5. The second kappa shape index (κ2) is 5.94. The van der Waals surface area contributed by atoms with Crippen LogP contribution in [0.1, 0.15) is 6.42 Å². The van der Waals surface area contributed by atoms with Crippen molar-refractivity contribution in [2.45, 2.75) is 16.6 Å². The van der Waals surface area contributed by atoms with Gasteiger partial charge in [0.2, 0.25) is 0 Å². The van der Waals surface area contributed by atoms with E-state index in [1.807, 2.05) is 30.3 Å². The molecular formula is C10H11ClO2S. The standard InChI is InChI=1S/C10H11ClO2S/c11-7-9(6-10(12)13)14-8-4-2-1-3-5-8/h1-5,9H,6-7H2,(H,12,13). The molecule has 1 rings (SSSR count). The van der Waals surface area contributed by atoms with E-state index in [-0.39, 0.29) is 11.7 Å². The third-order valence-electron chi connectivity index (χ3n) is 1.62. The van der Waals surface area contributed by atoms with E-state index in [1.54, 1.807) is 0 Å². The van der Waals surface area contributed by atoms with Crippen LogP contribution in [0.4, 0.5) is 0 Å². The summed E-state index contributed by atoms with van der Waals surface area (Å²) in [6.07, 6.45) is 0.100. The molecule has 0 heterocycles. The molecule has 2 nitrogen and oxygen atoms in total. The number of alkyl halides is 1. The smallest absolute Gasteiger partial charge is 0.304 e. The number of carboxylic acid groups (broad SMARTS) is 1. The van der Waals surface area contributed by atoms with E-state index in [0.717, 1.165) is 4.90 Å². The van der Waals surface area contributed by atoms with Gasteiger partial charge in [-0.2, -0.15) is 0 Å². The minimum absolute atomic E-state index is 0.0587. The highest BCUT2D eigenvalue weighted by Gasteiger charge is 2.13. The summed E-state index contributed by atoms with van der Waals surface area (Å²) in [6, 6.07) is 9.68. The molecule has 1 aromatic rings. The van der Waals surface area contributed by atoms with Gasteiger partial charge in [-0.3, -0.25) is 4.79 Å². The molecule has 0 aliphatic carbocycles. The van der Waals surface area contributed by atoms with Gasteiger partial charge in [-0.15, -0.1) is 23.4 Å². The van der Waals surface area contributed by atoms with Crippen molar-refractivity contribution in [3.8, 4) is 0 Å². The zero-order valence-corrected chi connectivity index (χ0v) is 9.09. The lowest BCUT2D eigenvalue weighted by atomic mass is 10.3. The largest absolute Gasteiger partial charge is 0.481 e. The van der Waals surface area contributed by atoms with Crippen molar-refractivity contribution in [2.24, 2.45) is 0 Å². The Kier molecular flexibility index (Phi) is 4.84. The van der Waals surface area contributed by atoms with Crippen molar-refractivity contribution >= 4 is 29.3 Å². The van der Waals surface area contributed by atoms with Crippen LogP contribution in [-0.2, 0) is 4.79 Å². The number of halogens is 1. The van der Waals surface area contributed by atoms with Gasteiger partial charge in [-0.1, -0.05) is 18.2 Å². The first-order valence-corrected chi connectivity index (χ1v) is 5.63. The molecule has 0 aromatic heterocycles. The lowest BCUT2D eigenvalue weighted by molar-refractivity contribution is -0.136. The lowest BCUT2D eigenvalue weighted by Gasteiger charge is -2.10.